The fraction of sp³-hybridized carbons (Fsp3) is 0.500. The smallest absolute Gasteiger partial charge is 0.316 e. The van der Waals surface area contributed by atoms with Crippen molar-refractivity contribution in [1.29, 1.82) is 0 Å². The lowest BCUT2D eigenvalue weighted by atomic mass is 9.96. The molecule has 0 fully saturated rings. The third kappa shape index (κ3) is 3.23. The predicted octanol–water partition coefficient (Wildman–Crippen LogP) is 3.41. The van der Waals surface area contributed by atoms with Crippen molar-refractivity contribution in [1.82, 2.24) is 9.55 Å². The van der Waals surface area contributed by atoms with E-state index in [0.29, 0.717) is 30.3 Å². The maximum absolute atomic E-state index is 13.3. The van der Waals surface area contributed by atoms with Crippen LogP contribution in [-0.4, -0.2) is 22.1 Å². The summed E-state index contributed by atoms with van der Waals surface area (Å²) in [5, 5.41) is 0. The lowest BCUT2D eigenvalue weighted by Crippen LogP contribution is -2.21. The fourth-order valence-corrected chi connectivity index (χ4v) is 2.52. The number of halogens is 1. The molecule has 0 saturated carbocycles. The van der Waals surface area contributed by atoms with Gasteiger partial charge in [0.25, 0.3) is 0 Å². The number of ether oxygens (including phenoxy) is 1. The van der Waals surface area contributed by atoms with E-state index in [1.54, 1.807) is 13.0 Å². The van der Waals surface area contributed by atoms with Crippen LogP contribution in [0.15, 0.2) is 18.2 Å². The highest BCUT2D eigenvalue weighted by Gasteiger charge is 2.28. The molecule has 2 rings (SSSR count). The van der Waals surface area contributed by atoms with Crippen LogP contribution in [0.5, 0.6) is 0 Å². The first kappa shape index (κ1) is 15.5. The maximum Gasteiger partial charge on any atom is 0.316 e. The van der Waals surface area contributed by atoms with E-state index >= 15 is 0 Å². The molecule has 4 nitrogen and oxygen atoms in total. The number of imidazole rings is 1. The Morgan fingerprint density at radius 3 is 2.76 bits per heavy atom. The van der Waals surface area contributed by atoms with Gasteiger partial charge >= 0.3 is 5.97 Å². The molecule has 0 N–H and O–H groups in total. The average Bonchev–Trinajstić information content (AvgIpc) is 2.72. The molecule has 0 saturated heterocycles. The van der Waals surface area contributed by atoms with Crippen molar-refractivity contribution in [3.05, 3.63) is 29.8 Å². The van der Waals surface area contributed by atoms with Crippen LogP contribution < -0.4 is 0 Å². The van der Waals surface area contributed by atoms with Crippen LogP contribution in [0, 0.1) is 11.7 Å². The molecule has 1 unspecified atom stereocenters. The van der Waals surface area contributed by atoms with Crippen molar-refractivity contribution in [2.75, 3.05) is 6.61 Å². The van der Waals surface area contributed by atoms with Crippen molar-refractivity contribution >= 4 is 17.0 Å². The molecule has 1 heterocycles. The van der Waals surface area contributed by atoms with Crippen LogP contribution in [0.25, 0.3) is 11.0 Å². The SMILES string of the molecule is CCOC(=O)C(CC(C)C)c1nc2cc(F)ccc2n1C. The second kappa shape index (κ2) is 6.24. The summed E-state index contributed by atoms with van der Waals surface area (Å²) in [4.78, 5) is 16.7. The van der Waals surface area contributed by atoms with Gasteiger partial charge in [-0.25, -0.2) is 9.37 Å². The van der Waals surface area contributed by atoms with E-state index in [1.165, 1.54) is 12.1 Å². The zero-order valence-electron chi connectivity index (χ0n) is 12.9. The van der Waals surface area contributed by atoms with Gasteiger partial charge in [-0.05, 0) is 31.4 Å². The quantitative estimate of drug-likeness (QED) is 0.793. The average molecular weight is 292 g/mol. The Kier molecular flexibility index (Phi) is 4.60. The third-order valence-corrected chi connectivity index (χ3v) is 3.47. The number of esters is 1. The summed E-state index contributed by atoms with van der Waals surface area (Å²) in [6.45, 7) is 6.23. The molecule has 1 atom stereocenters. The number of hydrogen-bond acceptors (Lipinski definition) is 3. The van der Waals surface area contributed by atoms with Crippen LogP contribution in [0.1, 0.15) is 38.9 Å². The molecule has 1 aromatic carbocycles. The zero-order chi connectivity index (χ0) is 15.6. The summed E-state index contributed by atoms with van der Waals surface area (Å²) in [6, 6.07) is 4.46. The summed E-state index contributed by atoms with van der Waals surface area (Å²) in [7, 11) is 1.84. The minimum Gasteiger partial charge on any atom is -0.465 e. The van der Waals surface area contributed by atoms with Crippen LogP contribution >= 0.6 is 0 Å². The van der Waals surface area contributed by atoms with Gasteiger partial charge in [0.15, 0.2) is 0 Å². The second-order valence-corrected chi connectivity index (χ2v) is 5.60. The molecular weight excluding hydrogens is 271 g/mol. The Labute approximate surface area is 123 Å². The van der Waals surface area contributed by atoms with E-state index in [4.69, 9.17) is 4.74 Å². The minimum absolute atomic E-state index is 0.273. The molecule has 0 amide bonds. The van der Waals surface area contributed by atoms with Gasteiger partial charge in [-0.15, -0.1) is 0 Å². The molecule has 21 heavy (non-hydrogen) atoms. The number of carbonyl (C=O) groups excluding carboxylic acids is 1. The summed E-state index contributed by atoms with van der Waals surface area (Å²) < 4.78 is 20.3. The second-order valence-electron chi connectivity index (χ2n) is 5.60. The monoisotopic (exact) mass is 292 g/mol. The zero-order valence-corrected chi connectivity index (χ0v) is 12.9. The van der Waals surface area contributed by atoms with Gasteiger partial charge < -0.3 is 9.30 Å². The first-order valence-corrected chi connectivity index (χ1v) is 7.22. The van der Waals surface area contributed by atoms with Gasteiger partial charge in [0.2, 0.25) is 0 Å². The molecule has 0 aliphatic heterocycles. The maximum atomic E-state index is 13.3. The van der Waals surface area contributed by atoms with Crippen LogP contribution in [0.2, 0.25) is 0 Å². The summed E-state index contributed by atoms with van der Waals surface area (Å²) in [6.07, 6.45) is 0.651. The number of carbonyl (C=O) groups is 1. The predicted molar refractivity (Wildman–Crippen MR) is 79.5 cm³/mol. The van der Waals surface area contributed by atoms with Crippen molar-refractivity contribution in [3.63, 3.8) is 0 Å². The van der Waals surface area contributed by atoms with Crippen LogP contribution in [0.4, 0.5) is 4.39 Å². The number of benzene rings is 1. The highest BCUT2D eigenvalue weighted by molar-refractivity contribution is 5.81. The number of rotatable bonds is 5. The van der Waals surface area contributed by atoms with Crippen molar-refractivity contribution in [2.24, 2.45) is 13.0 Å². The van der Waals surface area contributed by atoms with Crippen LogP contribution in [0.3, 0.4) is 0 Å². The van der Waals surface area contributed by atoms with Crippen molar-refractivity contribution in [2.45, 2.75) is 33.1 Å². The summed E-state index contributed by atoms with van der Waals surface area (Å²) >= 11 is 0. The molecule has 0 aliphatic rings. The van der Waals surface area contributed by atoms with Gasteiger partial charge in [0, 0.05) is 13.1 Å². The Morgan fingerprint density at radius 2 is 2.14 bits per heavy atom. The third-order valence-electron chi connectivity index (χ3n) is 3.47. The molecule has 2 aromatic rings. The van der Waals surface area contributed by atoms with E-state index in [-0.39, 0.29) is 11.8 Å². The largest absolute Gasteiger partial charge is 0.465 e. The molecule has 1 aromatic heterocycles. The number of fused-ring (bicyclic) bond motifs is 1. The Morgan fingerprint density at radius 1 is 1.43 bits per heavy atom. The number of aromatic nitrogens is 2. The van der Waals surface area contributed by atoms with Gasteiger partial charge in [-0.3, -0.25) is 4.79 Å². The fourth-order valence-electron chi connectivity index (χ4n) is 2.52. The lowest BCUT2D eigenvalue weighted by Gasteiger charge is -2.17. The normalized spacial score (nSPS) is 12.9. The van der Waals surface area contributed by atoms with E-state index < -0.39 is 5.92 Å². The van der Waals surface area contributed by atoms with E-state index in [1.807, 2.05) is 11.6 Å². The van der Waals surface area contributed by atoms with E-state index in [0.717, 1.165) is 5.52 Å². The van der Waals surface area contributed by atoms with Crippen molar-refractivity contribution < 1.29 is 13.9 Å². The molecule has 0 spiro atoms. The number of hydrogen-bond donors (Lipinski definition) is 0. The summed E-state index contributed by atoms with van der Waals surface area (Å²) in [5.74, 6) is -0.0714. The highest BCUT2D eigenvalue weighted by atomic mass is 19.1. The molecule has 0 aliphatic carbocycles. The van der Waals surface area contributed by atoms with E-state index in [9.17, 15) is 9.18 Å². The lowest BCUT2D eigenvalue weighted by molar-refractivity contribution is -0.145. The molecular formula is C16H21FN2O2. The van der Waals surface area contributed by atoms with Gasteiger partial charge in [0.05, 0.1) is 17.6 Å². The Hall–Kier alpha value is -1.91. The molecule has 114 valence electrons. The molecule has 0 bridgehead atoms. The topological polar surface area (TPSA) is 44.1 Å². The molecule has 0 radical (unpaired) electrons. The number of nitrogens with zero attached hydrogens (tertiary/aromatic N) is 2. The van der Waals surface area contributed by atoms with E-state index in [2.05, 4.69) is 18.8 Å². The van der Waals surface area contributed by atoms with Gasteiger partial charge in [-0.2, -0.15) is 0 Å². The number of aryl methyl sites for hydroxylation is 1. The Bertz CT molecular complexity index is 649. The first-order chi connectivity index (χ1) is 9.93. The van der Waals surface area contributed by atoms with Gasteiger partial charge in [-0.1, -0.05) is 13.8 Å². The highest BCUT2D eigenvalue weighted by Crippen LogP contribution is 2.27. The van der Waals surface area contributed by atoms with Crippen molar-refractivity contribution in [3.8, 4) is 0 Å². The first-order valence-electron chi connectivity index (χ1n) is 7.22. The summed E-state index contributed by atoms with van der Waals surface area (Å²) in [5.41, 5.74) is 1.37. The minimum atomic E-state index is -0.426. The molecule has 5 heteroatoms. The van der Waals surface area contributed by atoms with Gasteiger partial charge in [0.1, 0.15) is 17.6 Å². The van der Waals surface area contributed by atoms with Crippen LogP contribution in [-0.2, 0) is 16.6 Å². The Balaban J connectivity index is 2.48. The standard InChI is InChI=1S/C16H21FN2O2/c1-5-21-16(20)12(8-10(2)3)15-18-13-9-11(17)6-7-14(13)19(15)4/h6-7,9-10,12H,5,8H2,1-4H3.